The highest BCUT2D eigenvalue weighted by atomic mass is 19.1. The summed E-state index contributed by atoms with van der Waals surface area (Å²) in [7, 11) is 0. The summed E-state index contributed by atoms with van der Waals surface area (Å²) in [5.41, 5.74) is 2.77. The van der Waals surface area contributed by atoms with Crippen molar-refractivity contribution in [2.45, 2.75) is 26.2 Å². The Bertz CT molecular complexity index is 1230. The van der Waals surface area contributed by atoms with Gasteiger partial charge < -0.3 is 5.32 Å². The molecule has 10 heteroatoms. The maximum Gasteiger partial charge on any atom is 0.277 e. The molecular formula is C23H19FN4O5. The smallest absolute Gasteiger partial charge is 0.277 e. The lowest BCUT2D eigenvalue weighted by molar-refractivity contribution is -0.394. The van der Waals surface area contributed by atoms with E-state index in [1.165, 1.54) is 12.1 Å². The number of hydrogen-bond donors (Lipinski definition) is 1. The third-order valence-corrected chi connectivity index (χ3v) is 5.39. The summed E-state index contributed by atoms with van der Waals surface area (Å²) >= 11 is 0. The zero-order chi connectivity index (χ0) is 23.5. The van der Waals surface area contributed by atoms with Crippen molar-refractivity contribution in [3.63, 3.8) is 0 Å². The highest BCUT2D eigenvalue weighted by Gasteiger charge is 2.21. The number of nitrogens with one attached hydrogen (secondary N) is 1. The van der Waals surface area contributed by atoms with Gasteiger partial charge in [-0.15, -0.1) is 0 Å². The molecule has 1 aliphatic rings. The molecule has 9 nitrogen and oxygen atoms in total. The quantitative estimate of drug-likeness (QED) is 0.428. The Labute approximate surface area is 187 Å². The predicted molar refractivity (Wildman–Crippen MR) is 117 cm³/mol. The Kier molecular flexibility index (Phi) is 6.09. The molecule has 0 saturated carbocycles. The van der Waals surface area contributed by atoms with Gasteiger partial charge in [0.2, 0.25) is 0 Å². The Morgan fingerprint density at radius 2 is 1.61 bits per heavy atom. The average Bonchev–Trinajstić information content (AvgIpc) is 3.18. The van der Waals surface area contributed by atoms with Gasteiger partial charge in [-0.3, -0.25) is 29.9 Å². The molecule has 0 radical (unpaired) electrons. The third kappa shape index (κ3) is 5.18. The van der Waals surface area contributed by atoms with Crippen molar-refractivity contribution < 1.29 is 19.0 Å². The molecule has 3 aromatic rings. The zero-order valence-corrected chi connectivity index (χ0v) is 17.4. The van der Waals surface area contributed by atoms with Crippen LogP contribution in [-0.4, -0.2) is 20.7 Å². The van der Waals surface area contributed by atoms with E-state index in [1.54, 1.807) is 6.07 Å². The van der Waals surface area contributed by atoms with Gasteiger partial charge in [-0.2, -0.15) is 0 Å². The molecule has 4 rings (SSSR count). The highest BCUT2D eigenvalue weighted by Crippen LogP contribution is 2.26. The first-order chi connectivity index (χ1) is 15.8. The number of rotatable bonds is 7. The SMILES string of the molecule is O=C(NCc1ccc2c(c1)CN(Cc1cccc(F)c1)C2)c1cc([N+](=O)[O-])cc([N+](=O)[O-])c1. The largest absolute Gasteiger partial charge is 0.348 e. The second-order valence-electron chi connectivity index (χ2n) is 7.81. The van der Waals surface area contributed by atoms with Crippen LogP contribution in [0.15, 0.2) is 60.7 Å². The molecule has 33 heavy (non-hydrogen) atoms. The van der Waals surface area contributed by atoms with Crippen LogP contribution in [0.25, 0.3) is 0 Å². The number of non-ortho nitro benzene ring substituents is 2. The number of fused-ring (bicyclic) bond motifs is 1. The minimum absolute atomic E-state index is 0.154. The van der Waals surface area contributed by atoms with Crippen LogP contribution in [0.2, 0.25) is 0 Å². The van der Waals surface area contributed by atoms with Crippen LogP contribution in [-0.2, 0) is 26.2 Å². The number of nitro groups is 2. The molecule has 168 valence electrons. The summed E-state index contributed by atoms with van der Waals surface area (Å²) in [6.07, 6.45) is 0. The summed E-state index contributed by atoms with van der Waals surface area (Å²) in [4.78, 5) is 35.2. The Morgan fingerprint density at radius 3 is 2.27 bits per heavy atom. The zero-order valence-electron chi connectivity index (χ0n) is 17.4. The first-order valence-corrected chi connectivity index (χ1v) is 10.1. The molecule has 1 heterocycles. The van der Waals surface area contributed by atoms with E-state index in [-0.39, 0.29) is 17.9 Å². The van der Waals surface area contributed by atoms with E-state index in [0.717, 1.165) is 47.0 Å². The van der Waals surface area contributed by atoms with Gasteiger partial charge in [0.1, 0.15) is 5.82 Å². The van der Waals surface area contributed by atoms with Crippen molar-refractivity contribution in [2.24, 2.45) is 0 Å². The predicted octanol–water partition coefficient (Wildman–Crippen LogP) is 4.09. The molecule has 0 saturated heterocycles. The number of nitrogens with zero attached hydrogens (tertiary/aromatic N) is 3. The number of carbonyl (C=O) groups is 1. The van der Waals surface area contributed by atoms with E-state index in [9.17, 15) is 29.4 Å². The average molecular weight is 450 g/mol. The number of amides is 1. The van der Waals surface area contributed by atoms with Crippen LogP contribution in [0.5, 0.6) is 0 Å². The minimum Gasteiger partial charge on any atom is -0.348 e. The molecule has 0 aliphatic carbocycles. The molecule has 0 spiro atoms. The maximum atomic E-state index is 13.4. The van der Waals surface area contributed by atoms with Crippen LogP contribution >= 0.6 is 0 Å². The first-order valence-electron chi connectivity index (χ1n) is 10.1. The lowest BCUT2D eigenvalue weighted by Crippen LogP contribution is -2.23. The first kappa shape index (κ1) is 22.0. The van der Waals surface area contributed by atoms with Crippen LogP contribution in [0.3, 0.4) is 0 Å². The molecule has 0 bridgehead atoms. The van der Waals surface area contributed by atoms with Crippen molar-refractivity contribution in [2.75, 3.05) is 0 Å². The second-order valence-corrected chi connectivity index (χ2v) is 7.81. The molecule has 0 unspecified atom stereocenters. The number of halogens is 1. The van der Waals surface area contributed by atoms with Gasteiger partial charge in [-0.1, -0.05) is 30.3 Å². The maximum absolute atomic E-state index is 13.4. The van der Waals surface area contributed by atoms with E-state index in [1.807, 2.05) is 24.3 Å². The van der Waals surface area contributed by atoms with E-state index in [4.69, 9.17) is 0 Å². The lowest BCUT2D eigenvalue weighted by atomic mass is 10.1. The molecule has 3 aromatic carbocycles. The van der Waals surface area contributed by atoms with E-state index in [0.29, 0.717) is 13.1 Å². The molecular weight excluding hydrogens is 431 g/mol. The highest BCUT2D eigenvalue weighted by molar-refractivity contribution is 5.95. The summed E-state index contributed by atoms with van der Waals surface area (Å²) in [5.74, 6) is -0.911. The fourth-order valence-electron chi connectivity index (χ4n) is 3.86. The minimum atomic E-state index is -0.778. The fraction of sp³-hybridized carbons (Fsp3) is 0.174. The van der Waals surface area contributed by atoms with Crippen molar-refractivity contribution in [3.8, 4) is 0 Å². The number of hydrogen-bond acceptors (Lipinski definition) is 6. The third-order valence-electron chi connectivity index (χ3n) is 5.39. The summed E-state index contributed by atoms with van der Waals surface area (Å²) in [5, 5.41) is 24.7. The van der Waals surface area contributed by atoms with Crippen LogP contribution < -0.4 is 5.32 Å². The van der Waals surface area contributed by atoms with Gasteiger partial charge in [0.15, 0.2) is 0 Å². The second kappa shape index (κ2) is 9.13. The Morgan fingerprint density at radius 1 is 0.909 bits per heavy atom. The fourth-order valence-corrected chi connectivity index (χ4v) is 3.86. The van der Waals surface area contributed by atoms with Gasteiger partial charge in [0, 0.05) is 38.3 Å². The standard InChI is InChI=1S/C23H19FN4O5/c24-20-3-1-2-16(7-20)12-26-13-17-5-4-15(6-19(17)14-26)11-25-23(29)18-8-21(27(30)31)10-22(9-18)28(32)33/h1-10H,11-14H2,(H,25,29). The summed E-state index contributed by atoms with van der Waals surface area (Å²) < 4.78 is 13.4. The molecule has 0 aromatic heterocycles. The van der Waals surface area contributed by atoms with Crippen molar-refractivity contribution in [3.05, 3.63) is 115 Å². The summed E-state index contributed by atoms with van der Waals surface area (Å²) in [6, 6.07) is 15.1. The van der Waals surface area contributed by atoms with E-state index in [2.05, 4.69) is 10.2 Å². The van der Waals surface area contributed by atoms with Gasteiger partial charge in [-0.25, -0.2) is 4.39 Å². The Balaban J connectivity index is 1.41. The van der Waals surface area contributed by atoms with Crippen molar-refractivity contribution >= 4 is 17.3 Å². The lowest BCUT2D eigenvalue weighted by Gasteiger charge is -2.14. The molecule has 1 aliphatic heterocycles. The van der Waals surface area contributed by atoms with Crippen molar-refractivity contribution in [1.82, 2.24) is 10.2 Å². The van der Waals surface area contributed by atoms with Gasteiger partial charge in [0.25, 0.3) is 17.3 Å². The van der Waals surface area contributed by atoms with E-state index >= 15 is 0 Å². The molecule has 1 N–H and O–H groups in total. The van der Waals surface area contributed by atoms with Gasteiger partial charge in [0.05, 0.1) is 21.5 Å². The van der Waals surface area contributed by atoms with Crippen LogP contribution in [0, 0.1) is 26.0 Å². The Hall–Kier alpha value is -4.18. The summed E-state index contributed by atoms with van der Waals surface area (Å²) in [6.45, 7) is 2.19. The van der Waals surface area contributed by atoms with Gasteiger partial charge in [-0.05, 0) is 34.4 Å². The van der Waals surface area contributed by atoms with E-state index < -0.39 is 27.1 Å². The van der Waals surface area contributed by atoms with Crippen LogP contribution in [0.1, 0.15) is 32.6 Å². The van der Waals surface area contributed by atoms with Gasteiger partial charge >= 0.3 is 0 Å². The monoisotopic (exact) mass is 450 g/mol. The van der Waals surface area contributed by atoms with Crippen molar-refractivity contribution in [1.29, 1.82) is 0 Å². The molecule has 1 amide bonds. The van der Waals surface area contributed by atoms with Crippen LogP contribution in [0.4, 0.5) is 15.8 Å². The normalized spacial score (nSPS) is 12.9. The molecule has 0 fully saturated rings. The number of nitro benzene ring substituents is 2. The number of benzene rings is 3. The molecule has 0 atom stereocenters. The number of carbonyl (C=O) groups excluding carboxylic acids is 1. The topological polar surface area (TPSA) is 119 Å².